The Morgan fingerprint density at radius 1 is 1.17 bits per heavy atom. The molecule has 4 rings (SSSR count). The summed E-state index contributed by atoms with van der Waals surface area (Å²) in [5, 5.41) is 1.95. The number of pyridine rings is 1. The molecule has 1 aliphatic carbocycles. The molecule has 5 nitrogen and oxygen atoms in total. The van der Waals surface area contributed by atoms with E-state index in [2.05, 4.69) is 11.1 Å². The van der Waals surface area contributed by atoms with Crippen molar-refractivity contribution in [2.45, 2.75) is 44.3 Å². The van der Waals surface area contributed by atoms with Gasteiger partial charge < -0.3 is 15.4 Å². The molecular formula is C24H27N3O2S. The summed E-state index contributed by atoms with van der Waals surface area (Å²) in [4.78, 5) is 20.4. The molecule has 1 aromatic carbocycles. The van der Waals surface area contributed by atoms with Gasteiger partial charge in [0, 0.05) is 42.1 Å². The van der Waals surface area contributed by atoms with Crippen LogP contribution in [0, 0.1) is 0 Å². The second-order valence-corrected chi connectivity index (χ2v) is 8.69. The van der Waals surface area contributed by atoms with Crippen LogP contribution in [0.2, 0.25) is 0 Å². The molecule has 0 spiro atoms. The Morgan fingerprint density at radius 2 is 2.00 bits per heavy atom. The molecule has 1 fully saturated rings. The molecule has 2 N–H and O–H groups in total. The van der Waals surface area contributed by atoms with Gasteiger partial charge in [0.2, 0.25) is 0 Å². The van der Waals surface area contributed by atoms with Crippen LogP contribution >= 0.6 is 11.3 Å². The maximum atomic E-state index is 13.4. The van der Waals surface area contributed by atoms with Crippen molar-refractivity contribution in [2.24, 2.45) is 5.73 Å². The van der Waals surface area contributed by atoms with Gasteiger partial charge in [-0.05, 0) is 60.9 Å². The fourth-order valence-electron chi connectivity index (χ4n) is 4.12. The third-order valence-corrected chi connectivity index (χ3v) is 6.65. The van der Waals surface area contributed by atoms with E-state index in [0.717, 1.165) is 53.0 Å². The van der Waals surface area contributed by atoms with E-state index >= 15 is 0 Å². The van der Waals surface area contributed by atoms with Crippen molar-refractivity contribution >= 4 is 17.2 Å². The molecule has 0 radical (unpaired) electrons. The molecular weight excluding hydrogens is 394 g/mol. The van der Waals surface area contributed by atoms with E-state index < -0.39 is 0 Å². The summed E-state index contributed by atoms with van der Waals surface area (Å²) in [6.45, 7) is 0.508. The van der Waals surface area contributed by atoms with Crippen molar-refractivity contribution in [3.05, 3.63) is 70.7 Å². The second kappa shape index (κ2) is 9.41. The summed E-state index contributed by atoms with van der Waals surface area (Å²) >= 11 is 1.49. The van der Waals surface area contributed by atoms with Gasteiger partial charge in [-0.15, -0.1) is 11.3 Å². The molecule has 1 saturated carbocycles. The van der Waals surface area contributed by atoms with Gasteiger partial charge in [-0.3, -0.25) is 9.78 Å². The zero-order chi connectivity index (χ0) is 20.9. The average molecular weight is 422 g/mol. The average Bonchev–Trinajstić information content (AvgIpc) is 3.33. The quantitative estimate of drug-likeness (QED) is 0.625. The summed E-state index contributed by atoms with van der Waals surface area (Å²) < 4.78 is 5.64. The van der Waals surface area contributed by atoms with Crippen molar-refractivity contribution in [3.63, 3.8) is 0 Å². The van der Waals surface area contributed by atoms with Crippen molar-refractivity contribution in [3.8, 4) is 16.9 Å². The lowest BCUT2D eigenvalue weighted by Gasteiger charge is -2.36. The maximum absolute atomic E-state index is 13.4. The summed E-state index contributed by atoms with van der Waals surface area (Å²) in [5.41, 5.74) is 9.23. The Kier molecular flexibility index (Phi) is 6.45. The molecule has 1 aliphatic rings. The number of hydrogen-bond acceptors (Lipinski definition) is 5. The van der Waals surface area contributed by atoms with Gasteiger partial charge in [0.15, 0.2) is 0 Å². The van der Waals surface area contributed by atoms with Crippen LogP contribution in [0.3, 0.4) is 0 Å². The van der Waals surface area contributed by atoms with Crippen LogP contribution in [-0.4, -0.2) is 35.0 Å². The van der Waals surface area contributed by atoms with Gasteiger partial charge in [-0.1, -0.05) is 18.2 Å². The molecule has 0 unspecified atom stereocenters. The zero-order valence-electron chi connectivity index (χ0n) is 17.2. The number of methoxy groups -OCH3 is 1. The van der Waals surface area contributed by atoms with Crippen LogP contribution in [0.1, 0.15) is 40.9 Å². The molecule has 0 saturated heterocycles. The van der Waals surface area contributed by atoms with Crippen LogP contribution in [0.25, 0.3) is 11.1 Å². The largest absolute Gasteiger partial charge is 0.496 e. The van der Waals surface area contributed by atoms with Crippen LogP contribution in [0.5, 0.6) is 5.75 Å². The maximum Gasteiger partial charge on any atom is 0.264 e. The minimum absolute atomic E-state index is 0.0827. The fourth-order valence-corrected chi connectivity index (χ4v) is 4.80. The molecule has 30 heavy (non-hydrogen) atoms. The first-order chi connectivity index (χ1) is 14.7. The first-order valence-corrected chi connectivity index (χ1v) is 11.2. The van der Waals surface area contributed by atoms with Crippen molar-refractivity contribution in [1.82, 2.24) is 9.88 Å². The SMILES string of the molecule is COc1ccc(-c2cccnc2)cc1CN(C(=O)c1cccs1)C1CCC(N)CC1. The predicted octanol–water partition coefficient (Wildman–Crippen LogP) is 4.73. The normalized spacial score (nSPS) is 18.7. The van der Waals surface area contributed by atoms with E-state index in [1.54, 1.807) is 13.3 Å². The van der Waals surface area contributed by atoms with Crippen molar-refractivity contribution < 1.29 is 9.53 Å². The van der Waals surface area contributed by atoms with Crippen LogP contribution in [-0.2, 0) is 6.54 Å². The molecule has 0 atom stereocenters. The number of hydrogen-bond donors (Lipinski definition) is 1. The molecule has 1 amide bonds. The van der Waals surface area contributed by atoms with Crippen molar-refractivity contribution in [2.75, 3.05) is 7.11 Å². The van der Waals surface area contributed by atoms with Crippen LogP contribution in [0.15, 0.2) is 60.2 Å². The molecule has 2 aromatic heterocycles. The predicted molar refractivity (Wildman–Crippen MR) is 121 cm³/mol. The topological polar surface area (TPSA) is 68.5 Å². The van der Waals surface area contributed by atoms with Gasteiger partial charge in [-0.2, -0.15) is 0 Å². The molecule has 0 aliphatic heterocycles. The highest BCUT2D eigenvalue weighted by Gasteiger charge is 2.29. The highest BCUT2D eigenvalue weighted by molar-refractivity contribution is 7.12. The van der Waals surface area contributed by atoms with Gasteiger partial charge in [0.1, 0.15) is 5.75 Å². The number of thiophene rings is 1. The Hall–Kier alpha value is -2.70. The number of amides is 1. The van der Waals surface area contributed by atoms with Crippen LogP contribution < -0.4 is 10.5 Å². The lowest BCUT2D eigenvalue weighted by atomic mass is 9.90. The van der Waals surface area contributed by atoms with Gasteiger partial charge in [-0.25, -0.2) is 0 Å². The summed E-state index contributed by atoms with van der Waals surface area (Å²) in [6.07, 6.45) is 7.38. The molecule has 6 heteroatoms. The van der Waals surface area contributed by atoms with Gasteiger partial charge >= 0.3 is 0 Å². The number of carbonyl (C=O) groups is 1. The summed E-state index contributed by atoms with van der Waals surface area (Å²) in [5.74, 6) is 0.874. The number of rotatable bonds is 6. The highest BCUT2D eigenvalue weighted by atomic mass is 32.1. The number of aromatic nitrogens is 1. The molecule has 156 valence electrons. The Morgan fingerprint density at radius 3 is 2.67 bits per heavy atom. The smallest absolute Gasteiger partial charge is 0.264 e. The van der Waals surface area contributed by atoms with Crippen LogP contribution in [0.4, 0.5) is 0 Å². The first-order valence-electron chi connectivity index (χ1n) is 10.3. The Balaban J connectivity index is 1.67. The van der Waals surface area contributed by atoms with E-state index in [4.69, 9.17) is 10.5 Å². The third kappa shape index (κ3) is 4.55. The molecule has 2 heterocycles. The van der Waals surface area contributed by atoms with E-state index in [1.807, 2.05) is 52.9 Å². The number of nitrogens with two attached hydrogens (primary N) is 1. The van der Waals surface area contributed by atoms with E-state index in [1.165, 1.54) is 11.3 Å². The monoisotopic (exact) mass is 421 g/mol. The summed E-state index contributed by atoms with van der Waals surface area (Å²) in [6, 6.07) is 14.3. The molecule has 0 bridgehead atoms. The number of nitrogens with zero attached hydrogens (tertiary/aromatic N) is 2. The number of carbonyl (C=O) groups excluding carboxylic acids is 1. The fraction of sp³-hybridized carbons (Fsp3) is 0.333. The number of ether oxygens (including phenoxy) is 1. The number of benzene rings is 1. The highest BCUT2D eigenvalue weighted by Crippen LogP contribution is 2.31. The van der Waals surface area contributed by atoms with Gasteiger partial charge in [0.25, 0.3) is 5.91 Å². The van der Waals surface area contributed by atoms with Crippen molar-refractivity contribution in [1.29, 1.82) is 0 Å². The lowest BCUT2D eigenvalue weighted by molar-refractivity contribution is 0.0610. The summed E-state index contributed by atoms with van der Waals surface area (Å²) in [7, 11) is 1.67. The zero-order valence-corrected chi connectivity index (χ0v) is 18.0. The minimum Gasteiger partial charge on any atom is -0.496 e. The third-order valence-electron chi connectivity index (χ3n) is 5.79. The van der Waals surface area contributed by atoms with E-state index in [9.17, 15) is 4.79 Å². The minimum atomic E-state index is 0.0827. The first kappa shape index (κ1) is 20.6. The lowest BCUT2D eigenvalue weighted by Crippen LogP contribution is -2.43. The van der Waals surface area contributed by atoms with E-state index in [-0.39, 0.29) is 18.0 Å². The molecule has 3 aromatic rings. The Labute approximate surface area is 181 Å². The Bertz CT molecular complexity index is 967. The standard InChI is InChI=1S/C24H27N3O2S/c1-29-22-11-6-17(18-4-2-12-26-15-18)14-19(22)16-27(21-9-7-20(25)8-10-21)24(28)23-5-3-13-30-23/h2-6,11-15,20-21H,7-10,16,25H2,1H3. The van der Waals surface area contributed by atoms with E-state index in [0.29, 0.717) is 6.54 Å². The van der Waals surface area contributed by atoms with Gasteiger partial charge in [0.05, 0.1) is 12.0 Å². The second-order valence-electron chi connectivity index (χ2n) is 7.75.